The molecule has 0 aromatic carbocycles. The molecule has 2 aromatic rings. The number of fused-ring (bicyclic) bond motifs is 1. The second kappa shape index (κ2) is 5.81. The Morgan fingerprint density at radius 1 is 1.50 bits per heavy atom. The zero-order valence-electron chi connectivity index (χ0n) is 11.8. The molecule has 0 aliphatic heterocycles. The summed E-state index contributed by atoms with van der Waals surface area (Å²) < 4.78 is 7.52. The first-order valence-electron chi connectivity index (χ1n) is 7.22. The van der Waals surface area contributed by atoms with Gasteiger partial charge in [0.2, 0.25) is 0 Å². The number of furan rings is 1. The standard InChI is InChI=1S/C15H21N3O2/c1-11-5-6-12(20-11)9-16-14-3-2-4-15-13(14)10-17-18(15)7-8-19/h5-6,10,14,16,19H,2-4,7-9H2,1H3. The van der Waals surface area contributed by atoms with E-state index in [1.54, 1.807) is 0 Å². The molecule has 1 unspecified atom stereocenters. The average molecular weight is 275 g/mol. The van der Waals surface area contributed by atoms with Gasteiger partial charge in [-0.2, -0.15) is 5.10 Å². The third-order valence-corrected chi connectivity index (χ3v) is 3.89. The molecule has 0 amide bonds. The van der Waals surface area contributed by atoms with E-state index in [4.69, 9.17) is 9.52 Å². The van der Waals surface area contributed by atoms with Crippen molar-refractivity contribution >= 4 is 0 Å². The molecular formula is C15H21N3O2. The lowest BCUT2D eigenvalue weighted by atomic mass is 9.93. The van der Waals surface area contributed by atoms with Crippen LogP contribution >= 0.6 is 0 Å². The van der Waals surface area contributed by atoms with Crippen LogP contribution in [0.15, 0.2) is 22.7 Å². The van der Waals surface area contributed by atoms with Gasteiger partial charge in [0.15, 0.2) is 0 Å². The molecule has 1 aliphatic carbocycles. The first-order valence-corrected chi connectivity index (χ1v) is 7.22. The van der Waals surface area contributed by atoms with Gasteiger partial charge in [-0.15, -0.1) is 0 Å². The lowest BCUT2D eigenvalue weighted by Crippen LogP contribution is -2.25. The van der Waals surface area contributed by atoms with Crippen molar-refractivity contribution < 1.29 is 9.52 Å². The van der Waals surface area contributed by atoms with Gasteiger partial charge in [0.05, 0.1) is 25.9 Å². The average Bonchev–Trinajstić information content (AvgIpc) is 3.04. The van der Waals surface area contributed by atoms with Gasteiger partial charge in [0, 0.05) is 17.3 Å². The first-order chi connectivity index (χ1) is 9.78. The Bertz CT molecular complexity index is 573. The summed E-state index contributed by atoms with van der Waals surface area (Å²) >= 11 is 0. The number of nitrogens with one attached hydrogen (secondary N) is 1. The third kappa shape index (κ3) is 2.64. The van der Waals surface area contributed by atoms with E-state index in [-0.39, 0.29) is 6.61 Å². The predicted octanol–water partition coefficient (Wildman–Crippen LogP) is 1.94. The molecule has 2 aromatic heterocycles. The number of aliphatic hydroxyl groups is 1. The molecule has 108 valence electrons. The zero-order valence-corrected chi connectivity index (χ0v) is 11.8. The summed E-state index contributed by atoms with van der Waals surface area (Å²) in [5.74, 6) is 1.92. The van der Waals surface area contributed by atoms with Crippen LogP contribution in [-0.4, -0.2) is 21.5 Å². The van der Waals surface area contributed by atoms with Crippen molar-refractivity contribution in [1.82, 2.24) is 15.1 Å². The van der Waals surface area contributed by atoms with E-state index in [2.05, 4.69) is 10.4 Å². The lowest BCUT2D eigenvalue weighted by molar-refractivity contribution is 0.266. The number of aliphatic hydroxyl groups excluding tert-OH is 1. The quantitative estimate of drug-likeness (QED) is 0.875. The molecule has 0 spiro atoms. The van der Waals surface area contributed by atoms with Crippen LogP contribution in [0, 0.1) is 6.92 Å². The lowest BCUT2D eigenvalue weighted by Gasteiger charge is -2.24. The van der Waals surface area contributed by atoms with Crippen LogP contribution in [0.25, 0.3) is 0 Å². The third-order valence-electron chi connectivity index (χ3n) is 3.89. The van der Waals surface area contributed by atoms with Crippen molar-refractivity contribution in [3.8, 4) is 0 Å². The SMILES string of the molecule is Cc1ccc(CNC2CCCc3c2cnn3CCO)o1. The largest absolute Gasteiger partial charge is 0.465 e. The van der Waals surface area contributed by atoms with Gasteiger partial charge >= 0.3 is 0 Å². The van der Waals surface area contributed by atoms with Gasteiger partial charge in [-0.1, -0.05) is 0 Å². The van der Waals surface area contributed by atoms with Crippen LogP contribution in [0.1, 0.15) is 41.7 Å². The molecule has 0 bridgehead atoms. The Morgan fingerprint density at radius 2 is 2.40 bits per heavy atom. The van der Waals surface area contributed by atoms with Crippen LogP contribution < -0.4 is 5.32 Å². The summed E-state index contributed by atoms with van der Waals surface area (Å²) in [5.41, 5.74) is 2.53. The van der Waals surface area contributed by atoms with Gasteiger partial charge in [-0.3, -0.25) is 4.68 Å². The topological polar surface area (TPSA) is 63.2 Å². The monoisotopic (exact) mass is 275 g/mol. The van der Waals surface area contributed by atoms with E-state index in [9.17, 15) is 0 Å². The summed E-state index contributed by atoms with van der Waals surface area (Å²) in [4.78, 5) is 0. The molecule has 2 N–H and O–H groups in total. The summed E-state index contributed by atoms with van der Waals surface area (Å²) in [6.07, 6.45) is 5.26. The molecule has 20 heavy (non-hydrogen) atoms. The van der Waals surface area contributed by atoms with Gasteiger partial charge in [0.25, 0.3) is 0 Å². The number of rotatable bonds is 5. The molecule has 0 saturated heterocycles. The Labute approximate surface area is 118 Å². The minimum atomic E-state index is 0.137. The van der Waals surface area contributed by atoms with Crippen molar-refractivity contribution in [1.29, 1.82) is 0 Å². The van der Waals surface area contributed by atoms with Crippen LogP contribution in [0.3, 0.4) is 0 Å². The van der Waals surface area contributed by atoms with Crippen LogP contribution in [-0.2, 0) is 19.5 Å². The number of hydrogen-bond donors (Lipinski definition) is 2. The van der Waals surface area contributed by atoms with Crippen LogP contribution in [0.5, 0.6) is 0 Å². The summed E-state index contributed by atoms with van der Waals surface area (Å²) in [7, 11) is 0. The minimum absolute atomic E-state index is 0.137. The van der Waals surface area contributed by atoms with Crippen molar-refractivity contribution in [3.05, 3.63) is 41.1 Å². The molecule has 1 atom stereocenters. The fourth-order valence-corrected chi connectivity index (χ4v) is 2.92. The van der Waals surface area contributed by atoms with Crippen molar-refractivity contribution in [2.75, 3.05) is 6.61 Å². The second-order valence-electron chi connectivity index (χ2n) is 5.33. The molecule has 0 fully saturated rings. The maximum Gasteiger partial charge on any atom is 0.117 e. The van der Waals surface area contributed by atoms with Gasteiger partial charge < -0.3 is 14.8 Å². The van der Waals surface area contributed by atoms with Gasteiger partial charge in [-0.05, 0) is 38.3 Å². The summed E-state index contributed by atoms with van der Waals surface area (Å²) in [5, 5.41) is 17.0. The maximum absolute atomic E-state index is 9.07. The van der Waals surface area contributed by atoms with Crippen molar-refractivity contribution in [2.45, 2.75) is 45.3 Å². The minimum Gasteiger partial charge on any atom is -0.465 e. The number of aromatic nitrogens is 2. The zero-order chi connectivity index (χ0) is 13.9. The number of nitrogens with zero attached hydrogens (tertiary/aromatic N) is 2. The predicted molar refractivity (Wildman–Crippen MR) is 75.3 cm³/mol. The van der Waals surface area contributed by atoms with E-state index in [1.165, 1.54) is 11.3 Å². The normalized spacial score (nSPS) is 18.2. The highest BCUT2D eigenvalue weighted by atomic mass is 16.3. The fourth-order valence-electron chi connectivity index (χ4n) is 2.92. The smallest absolute Gasteiger partial charge is 0.117 e. The van der Waals surface area contributed by atoms with Crippen molar-refractivity contribution in [2.24, 2.45) is 0 Å². The van der Waals surface area contributed by atoms with Gasteiger partial charge in [-0.25, -0.2) is 0 Å². The van der Waals surface area contributed by atoms with E-state index in [1.807, 2.05) is 29.9 Å². The van der Waals surface area contributed by atoms with Crippen LogP contribution in [0.2, 0.25) is 0 Å². The molecular weight excluding hydrogens is 254 g/mol. The number of aryl methyl sites for hydroxylation is 1. The molecule has 0 radical (unpaired) electrons. The molecule has 3 rings (SSSR count). The molecule has 2 heterocycles. The number of hydrogen-bond acceptors (Lipinski definition) is 4. The Morgan fingerprint density at radius 3 is 3.15 bits per heavy atom. The Balaban J connectivity index is 1.70. The fraction of sp³-hybridized carbons (Fsp3) is 0.533. The van der Waals surface area contributed by atoms with Gasteiger partial charge in [0.1, 0.15) is 11.5 Å². The molecule has 0 saturated carbocycles. The maximum atomic E-state index is 9.07. The molecule has 1 aliphatic rings. The highest BCUT2D eigenvalue weighted by molar-refractivity contribution is 5.25. The highest BCUT2D eigenvalue weighted by Gasteiger charge is 2.23. The Kier molecular flexibility index (Phi) is 3.89. The van der Waals surface area contributed by atoms with Crippen LogP contribution in [0.4, 0.5) is 0 Å². The second-order valence-corrected chi connectivity index (χ2v) is 5.33. The van der Waals surface area contributed by atoms with E-state index in [0.29, 0.717) is 12.6 Å². The van der Waals surface area contributed by atoms with E-state index in [0.717, 1.165) is 37.3 Å². The Hall–Kier alpha value is -1.59. The molecule has 5 heteroatoms. The molecule has 5 nitrogen and oxygen atoms in total. The van der Waals surface area contributed by atoms with E-state index >= 15 is 0 Å². The van der Waals surface area contributed by atoms with E-state index < -0.39 is 0 Å². The highest BCUT2D eigenvalue weighted by Crippen LogP contribution is 2.29. The summed E-state index contributed by atoms with van der Waals surface area (Å²) in [6, 6.07) is 4.33. The summed E-state index contributed by atoms with van der Waals surface area (Å²) in [6.45, 7) is 3.42. The van der Waals surface area contributed by atoms with Crippen molar-refractivity contribution in [3.63, 3.8) is 0 Å². The first kappa shape index (κ1) is 13.4.